The molecular formula is C19H25N5O5S. The minimum absolute atomic E-state index is 0.0535. The third-order valence-electron chi connectivity index (χ3n) is 4.73. The van der Waals surface area contributed by atoms with Gasteiger partial charge in [-0.15, -0.1) is 0 Å². The second-order valence-electron chi connectivity index (χ2n) is 6.98. The zero-order valence-electron chi connectivity index (χ0n) is 16.7. The Morgan fingerprint density at radius 2 is 1.83 bits per heavy atom. The summed E-state index contributed by atoms with van der Waals surface area (Å²) in [5, 5.41) is 3.78. The SMILES string of the molecule is Cn1cc(S(=O)(=O)NCC(=O)OCC(=O)N2CCN(Cc3ccccc3)CC2)cn1. The molecular weight excluding hydrogens is 410 g/mol. The zero-order chi connectivity index (χ0) is 21.6. The van der Waals surface area contributed by atoms with Crippen molar-refractivity contribution < 1.29 is 22.7 Å². The summed E-state index contributed by atoms with van der Waals surface area (Å²) in [7, 11) is -2.28. The van der Waals surface area contributed by atoms with Gasteiger partial charge in [0.05, 0.1) is 6.20 Å². The molecule has 162 valence electrons. The summed E-state index contributed by atoms with van der Waals surface area (Å²) < 4.78 is 32.5. The molecule has 0 saturated carbocycles. The fraction of sp³-hybridized carbons (Fsp3) is 0.421. The van der Waals surface area contributed by atoms with E-state index < -0.39 is 29.1 Å². The average Bonchev–Trinajstić information content (AvgIpc) is 3.19. The van der Waals surface area contributed by atoms with Gasteiger partial charge < -0.3 is 9.64 Å². The van der Waals surface area contributed by atoms with Gasteiger partial charge in [-0.25, -0.2) is 8.42 Å². The molecule has 1 N–H and O–H groups in total. The van der Waals surface area contributed by atoms with Crippen molar-refractivity contribution >= 4 is 21.9 Å². The van der Waals surface area contributed by atoms with Gasteiger partial charge in [-0.2, -0.15) is 9.82 Å². The van der Waals surface area contributed by atoms with Crippen LogP contribution in [0.4, 0.5) is 0 Å². The highest BCUT2D eigenvalue weighted by molar-refractivity contribution is 7.89. The largest absolute Gasteiger partial charge is 0.455 e. The van der Waals surface area contributed by atoms with Gasteiger partial charge in [-0.05, 0) is 5.56 Å². The third kappa shape index (κ3) is 6.12. The molecule has 2 heterocycles. The van der Waals surface area contributed by atoms with Gasteiger partial charge in [0.25, 0.3) is 5.91 Å². The van der Waals surface area contributed by atoms with Crippen LogP contribution in [0.3, 0.4) is 0 Å². The van der Waals surface area contributed by atoms with E-state index in [2.05, 4.69) is 26.9 Å². The van der Waals surface area contributed by atoms with Crippen molar-refractivity contribution in [2.75, 3.05) is 39.3 Å². The topological polar surface area (TPSA) is 114 Å². The highest BCUT2D eigenvalue weighted by Gasteiger charge is 2.23. The number of nitrogens with one attached hydrogen (secondary N) is 1. The van der Waals surface area contributed by atoms with Gasteiger partial charge in [0.2, 0.25) is 10.0 Å². The maximum atomic E-state index is 12.3. The van der Waals surface area contributed by atoms with Crippen molar-refractivity contribution in [3.8, 4) is 0 Å². The highest BCUT2D eigenvalue weighted by Crippen LogP contribution is 2.09. The molecule has 1 aliphatic heterocycles. The summed E-state index contributed by atoms with van der Waals surface area (Å²) >= 11 is 0. The molecule has 1 aromatic carbocycles. The van der Waals surface area contributed by atoms with Gasteiger partial charge in [0, 0.05) is 46.0 Å². The number of amides is 1. The quantitative estimate of drug-likeness (QED) is 0.561. The summed E-state index contributed by atoms with van der Waals surface area (Å²) in [6.45, 7) is 2.43. The first kappa shape index (κ1) is 21.9. The number of aromatic nitrogens is 2. The molecule has 0 spiro atoms. The van der Waals surface area contributed by atoms with Gasteiger partial charge in [0.1, 0.15) is 11.4 Å². The van der Waals surface area contributed by atoms with E-state index in [9.17, 15) is 18.0 Å². The number of hydrogen-bond acceptors (Lipinski definition) is 7. The van der Waals surface area contributed by atoms with E-state index in [4.69, 9.17) is 4.74 Å². The van der Waals surface area contributed by atoms with Crippen molar-refractivity contribution in [3.63, 3.8) is 0 Å². The van der Waals surface area contributed by atoms with E-state index >= 15 is 0 Å². The predicted octanol–water partition coefficient (Wildman–Crippen LogP) is -0.414. The molecule has 1 saturated heterocycles. The lowest BCUT2D eigenvalue weighted by Gasteiger charge is -2.34. The fourth-order valence-electron chi connectivity index (χ4n) is 3.06. The average molecular weight is 436 g/mol. The highest BCUT2D eigenvalue weighted by atomic mass is 32.2. The molecule has 1 aromatic heterocycles. The minimum Gasteiger partial charge on any atom is -0.455 e. The second-order valence-corrected chi connectivity index (χ2v) is 8.74. The van der Waals surface area contributed by atoms with E-state index in [-0.39, 0.29) is 10.8 Å². The first-order valence-electron chi connectivity index (χ1n) is 9.51. The summed E-state index contributed by atoms with van der Waals surface area (Å²) in [6.07, 6.45) is 2.49. The number of esters is 1. The molecule has 11 heteroatoms. The van der Waals surface area contributed by atoms with Crippen molar-refractivity contribution in [1.29, 1.82) is 0 Å². The number of nitrogens with zero attached hydrogens (tertiary/aromatic N) is 4. The van der Waals surface area contributed by atoms with E-state index in [1.54, 1.807) is 11.9 Å². The molecule has 0 aliphatic carbocycles. The smallest absolute Gasteiger partial charge is 0.321 e. The van der Waals surface area contributed by atoms with Crippen LogP contribution in [0.15, 0.2) is 47.6 Å². The predicted molar refractivity (Wildman–Crippen MR) is 108 cm³/mol. The lowest BCUT2D eigenvalue weighted by Crippen LogP contribution is -2.49. The zero-order valence-corrected chi connectivity index (χ0v) is 17.5. The summed E-state index contributed by atoms with van der Waals surface area (Å²) in [5.41, 5.74) is 1.22. The molecule has 3 rings (SSSR count). The lowest BCUT2D eigenvalue weighted by atomic mass is 10.2. The summed E-state index contributed by atoms with van der Waals surface area (Å²) in [5.74, 6) is -1.11. The number of aryl methyl sites for hydroxylation is 1. The molecule has 1 aliphatic rings. The number of benzene rings is 1. The van der Waals surface area contributed by atoms with Crippen LogP contribution in [0.2, 0.25) is 0 Å². The Labute approximate surface area is 175 Å². The first-order valence-corrected chi connectivity index (χ1v) is 11.0. The van der Waals surface area contributed by atoms with Crippen LogP contribution in [0, 0.1) is 0 Å². The molecule has 0 atom stereocenters. The van der Waals surface area contributed by atoms with Crippen LogP contribution in [0.1, 0.15) is 5.56 Å². The Hall–Kier alpha value is -2.76. The van der Waals surface area contributed by atoms with Crippen LogP contribution in [0.25, 0.3) is 0 Å². The standard InChI is InChI=1S/C19H25N5O5S/c1-22-14-17(11-20-22)30(27,28)21-12-19(26)29-15-18(25)24-9-7-23(8-10-24)13-16-5-3-2-4-6-16/h2-6,11,14,21H,7-10,12-13,15H2,1H3. The van der Waals surface area contributed by atoms with Gasteiger partial charge in [-0.3, -0.25) is 19.2 Å². The Bertz CT molecular complexity index is 968. The van der Waals surface area contributed by atoms with Gasteiger partial charge in [0.15, 0.2) is 6.61 Å². The normalized spacial score (nSPS) is 15.2. The summed E-state index contributed by atoms with van der Waals surface area (Å²) in [6, 6.07) is 10.1. The maximum absolute atomic E-state index is 12.3. The van der Waals surface area contributed by atoms with Crippen LogP contribution in [0.5, 0.6) is 0 Å². The molecule has 30 heavy (non-hydrogen) atoms. The van der Waals surface area contributed by atoms with Gasteiger partial charge >= 0.3 is 5.97 Å². The number of carbonyl (C=O) groups excluding carboxylic acids is 2. The van der Waals surface area contributed by atoms with Crippen molar-refractivity contribution in [1.82, 2.24) is 24.3 Å². The Morgan fingerprint density at radius 3 is 2.47 bits per heavy atom. The Balaban J connectivity index is 1.37. The number of sulfonamides is 1. The maximum Gasteiger partial charge on any atom is 0.321 e. The van der Waals surface area contributed by atoms with Crippen LogP contribution in [-0.4, -0.2) is 79.2 Å². The molecule has 2 aromatic rings. The lowest BCUT2D eigenvalue weighted by molar-refractivity contribution is -0.151. The minimum atomic E-state index is -3.86. The number of rotatable bonds is 8. The Morgan fingerprint density at radius 1 is 1.13 bits per heavy atom. The number of carbonyl (C=O) groups is 2. The molecule has 0 unspecified atom stereocenters. The first-order chi connectivity index (χ1) is 14.3. The van der Waals surface area contributed by atoms with E-state index in [1.807, 2.05) is 18.2 Å². The molecule has 1 amide bonds. The molecule has 0 bridgehead atoms. The van der Waals surface area contributed by atoms with E-state index in [1.165, 1.54) is 22.6 Å². The molecule has 1 fully saturated rings. The number of hydrogen-bond donors (Lipinski definition) is 1. The Kier molecular flexibility index (Phi) is 7.19. The number of ether oxygens (including phenoxy) is 1. The van der Waals surface area contributed by atoms with Crippen LogP contribution in [-0.2, 0) is 37.9 Å². The fourth-order valence-corrected chi connectivity index (χ4v) is 4.01. The van der Waals surface area contributed by atoms with Crippen LogP contribution < -0.4 is 4.72 Å². The van der Waals surface area contributed by atoms with Crippen molar-refractivity contribution in [2.45, 2.75) is 11.4 Å². The molecule has 10 nitrogen and oxygen atoms in total. The summed E-state index contributed by atoms with van der Waals surface area (Å²) in [4.78, 5) is 27.9. The van der Waals surface area contributed by atoms with E-state index in [0.717, 1.165) is 19.6 Å². The van der Waals surface area contributed by atoms with E-state index in [0.29, 0.717) is 13.1 Å². The third-order valence-corrected chi connectivity index (χ3v) is 6.08. The van der Waals surface area contributed by atoms with Gasteiger partial charge in [-0.1, -0.05) is 30.3 Å². The molecule has 0 radical (unpaired) electrons. The van der Waals surface area contributed by atoms with Crippen LogP contribution >= 0.6 is 0 Å². The second kappa shape index (κ2) is 9.83. The number of piperazine rings is 1. The van der Waals surface area contributed by atoms with Crippen molar-refractivity contribution in [2.24, 2.45) is 7.05 Å². The monoisotopic (exact) mass is 435 g/mol. The van der Waals surface area contributed by atoms with Crippen molar-refractivity contribution in [3.05, 3.63) is 48.3 Å².